The predicted molar refractivity (Wildman–Crippen MR) is 65.1 cm³/mol. The van der Waals surface area contributed by atoms with Crippen molar-refractivity contribution in [2.45, 2.75) is 19.1 Å². The van der Waals surface area contributed by atoms with Crippen molar-refractivity contribution < 1.29 is 33.3 Å². The minimum Gasteiger partial charge on any atom is -0.479 e. The zero-order valence-corrected chi connectivity index (χ0v) is 10.8. The van der Waals surface area contributed by atoms with Crippen LogP contribution in [0.1, 0.15) is 17.2 Å². The molecule has 1 aromatic rings. The van der Waals surface area contributed by atoms with Gasteiger partial charge >= 0.3 is 12.6 Å². The highest BCUT2D eigenvalue weighted by Crippen LogP contribution is 2.26. The van der Waals surface area contributed by atoms with Crippen LogP contribution in [-0.2, 0) is 16.0 Å². The fraction of sp³-hybridized carbons (Fsp3) is 0.333. The van der Waals surface area contributed by atoms with Gasteiger partial charge in [-0.2, -0.15) is 8.78 Å². The molecule has 0 saturated heterocycles. The molecule has 1 atom stereocenters. The predicted octanol–water partition coefficient (Wildman–Crippen LogP) is 1.76. The first kappa shape index (κ1) is 16.3. The van der Waals surface area contributed by atoms with E-state index in [1.807, 2.05) is 0 Å². The highest BCUT2D eigenvalue weighted by atomic mass is 35.5. The van der Waals surface area contributed by atoms with Crippen LogP contribution in [0.5, 0.6) is 5.75 Å². The number of aliphatic carboxylic acids is 1. The summed E-state index contributed by atoms with van der Waals surface area (Å²) >= 11 is 5.33. The summed E-state index contributed by atoms with van der Waals surface area (Å²) < 4.78 is 28.8. The topological polar surface area (TPSA) is 83.8 Å². The van der Waals surface area contributed by atoms with E-state index in [0.717, 1.165) is 6.07 Å². The lowest BCUT2D eigenvalue weighted by Gasteiger charge is -2.13. The van der Waals surface area contributed by atoms with Crippen molar-refractivity contribution in [1.29, 1.82) is 0 Å². The number of benzene rings is 1. The highest BCUT2D eigenvalue weighted by Gasteiger charge is 2.20. The molecule has 0 heterocycles. The first-order chi connectivity index (χ1) is 9.35. The summed E-state index contributed by atoms with van der Waals surface area (Å²) in [4.78, 5) is 21.9. The van der Waals surface area contributed by atoms with E-state index < -0.39 is 24.5 Å². The third-order valence-electron chi connectivity index (χ3n) is 2.39. The summed E-state index contributed by atoms with van der Waals surface area (Å²) in [6, 6.07) is 3.42. The Balaban J connectivity index is 3.12. The van der Waals surface area contributed by atoms with Crippen LogP contribution in [0.25, 0.3) is 0 Å². The van der Waals surface area contributed by atoms with E-state index in [2.05, 4.69) is 4.74 Å². The summed E-state index contributed by atoms with van der Waals surface area (Å²) in [5, 5.41) is 18.0. The summed E-state index contributed by atoms with van der Waals surface area (Å²) in [5.41, 5.74) is 0.00695. The Kier molecular flexibility index (Phi) is 5.84. The van der Waals surface area contributed by atoms with Crippen LogP contribution in [0.15, 0.2) is 18.2 Å². The standard InChI is InChI=1S/C12H11ClF2O5/c13-5-8(16)3-6-1-2-7(10(17)11(18)19)4-9(6)20-12(14)15/h1-2,4,10,12,17H,3,5H2,(H,18,19). The Morgan fingerprint density at radius 2 is 2.00 bits per heavy atom. The van der Waals surface area contributed by atoms with E-state index in [0.29, 0.717) is 0 Å². The number of carbonyl (C=O) groups excluding carboxylic acids is 1. The molecule has 0 fully saturated rings. The molecule has 0 bridgehead atoms. The fourth-order valence-corrected chi connectivity index (χ4v) is 1.59. The Morgan fingerprint density at radius 3 is 2.50 bits per heavy atom. The number of aliphatic hydroxyl groups excluding tert-OH is 1. The number of carbonyl (C=O) groups is 2. The van der Waals surface area contributed by atoms with Crippen LogP contribution in [0.4, 0.5) is 8.78 Å². The van der Waals surface area contributed by atoms with E-state index in [4.69, 9.17) is 16.7 Å². The number of Topliss-reactive ketones (excluding diaryl/α,β-unsaturated/α-hetero) is 1. The summed E-state index contributed by atoms with van der Waals surface area (Å²) in [5.74, 6) is -2.58. The number of carboxylic acids is 1. The number of hydrogen-bond acceptors (Lipinski definition) is 4. The molecule has 0 radical (unpaired) electrons. The monoisotopic (exact) mass is 308 g/mol. The number of alkyl halides is 3. The Labute approximate surface area is 117 Å². The molecular weight excluding hydrogens is 298 g/mol. The van der Waals surface area contributed by atoms with Gasteiger partial charge in [-0.05, 0) is 11.6 Å². The number of aliphatic hydroxyl groups is 1. The lowest BCUT2D eigenvalue weighted by atomic mass is 10.0. The van der Waals surface area contributed by atoms with Crippen LogP contribution in [0.3, 0.4) is 0 Å². The molecule has 0 spiro atoms. The van der Waals surface area contributed by atoms with Gasteiger partial charge in [0.1, 0.15) is 5.75 Å². The van der Waals surface area contributed by atoms with Crippen molar-refractivity contribution in [3.05, 3.63) is 29.3 Å². The average Bonchev–Trinajstić information content (AvgIpc) is 2.38. The van der Waals surface area contributed by atoms with Gasteiger partial charge in [0.15, 0.2) is 11.9 Å². The van der Waals surface area contributed by atoms with Crippen molar-refractivity contribution >= 4 is 23.4 Å². The van der Waals surface area contributed by atoms with Crippen LogP contribution < -0.4 is 4.74 Å². The molecule has 2 N–H and O–H groups in total. The van der Waals surface area contributed by atoms with Gasteiger partial charge in [-0.3, -0.25) is 4.79 Å². The molecule has 0 aliphatic carbocycles. The van der Waals surface area contributed by atoms with Crippen LogP contribution in [0.2, 0.25) is 0 Å². The Hall–Kier alpha value is -1.73. The molecule has 110 valence electrons. The fourth-order valence-electron chi connectivity index (χ4n) is 1.50. The number of carboxylic acid groups (broad SMARTS) is 1. The molecule has 1 unspecified atom stereocenters. The lowest BCUT2D eigenvalue weighted by Crippen LogP contribution is -2.13. The molecular formula is C12H11ClF2O5. The Bertz CT molecular complexity index is 507. The summed E-state index contributed by atoms with van der Waals surface area (Å²) in [7, 11) is 0. The van der Waals surface area contributed by atoms with Crippen molar-refractivity contribution in [3.8, 4) is 5.75 Å². The van der Waals surface area contributed by atoms with Gasteiger partial charge in [0.25, 0.3) is 0 Å². The molecule has 0 aliphatic heterocycles. The maximum Gasteiger partial charge on any atom is 0.387 e. The van der Waals surface area contributed by atoms with Crippen molar-refractivity contribution in [1.82, 2.24) is 0 Å². The molecule has 20 heavy (non-hydrogen) atoms. The second-order valence-electron chi connectivity index (χ2n) is 3.84. The van der Waals surface area contributed by atoms with Crippen LogP contribution in [-0.4, -0.2) is 34.5 Å². The van der Waals surface area contributed by atoms with Gasteiger partial charge in [0, 0.05) is 12.0 Å². The van der Waals surface area contributed by atoms with Crippen molar-refractivity contribution in [3.63, 3.8) is 0 Å². The summed E-state index contributed by atoms with van der Waals surface area (Å²) in [6.45, 7) is -3.14. The van der Waals surface area contributed by atoms with Gasteiger partial charge in [0.2, 0.25) is 0 Å². The number of halogens is 3. The van der Waals surface area contributed by atoms with Gasteiger partial charge in [0.05, 0.1) is 5.88 Å². The minimum absolute atomic E-state index is 0.129. The quantitative estimate of drug-likeness (QED) is 0.750. The summed E-state index contributed by atoms with van der Waals surface area (Å²) in [6.07, 6.45) is -2.09. The SMILES string of the molecule is O=C(CCl)Cc1ccc(C(O)C(=O)O)cc1OC(F)F. The normalized spacial score (nSPS) is 12.2. The molecule has 0 saturated carbocycles. The van der Waals surface area contributed by atoms with E-state index >= 15 is 0 Å². The third kappa shape index (κ3) is 4.43. The second kappa shape index (κ2) is 7.16. The lowest BCUT2D eigenvalue weighted by molar-refractivity contribution is -0.147. The van der Waals surface area contributed by atoms with Gasteiger partial charge in [-0.25, -0.2) is 4.79 Å². The molecule has 1 aromatic carbocycles. The molecule has 5 nitrogen and oxygen atoms in total. The zero-order valence-electron chi connectivity index (χ0n) is 10.1. The van der Waals surface area contributed by atoms with Crippen LogP contribution >= 0.6 is 11.6 Å². The van der Waals surface area contributed by atoms with E-state index in [1.54, 1.807) is 0 Å². The Morgan fingerprint density at radius 1 is 1.35 bits per heavy atom. The van der Waals surface area contributed by atoms with Gasteiger partial charge < -0.3 is 14.9 Å². The number of ketones is 1. The zero-order chi connectivity index (χ0) is 15.3. The van der Waals surface area contributed by atoms with Gasteiger partial charge in [-0.1, -0.05) is 12.1 Å². The number of hydrogen-bond donors (Lipinski definition) is 2. The van der Waals surface area contributed by atoms with E-state index in [9.17, 15) is 23.5 Å². The molecule has 0 aromatic heterocycles. The molecule has 8 heteroatoms. The maximum atomic E-state index is 12.3. The third-order valence-corrected chi connectivity index (χ3v) is 2.69. The molecule has 0 amide bonds. The largest absolute Gasteiger partial charge is 0.479 e. The smallest absolute Gasteiger partial charge is 0.387 e. The first-order valence-corrected chi connectivity index (χ1v) is 5.94. The van der Waals surface area contributed by atoms with Gasteiger partial charge in [-0.15, -0.1) is 11.6 Å². The first-order valence-electron chi connectivity index (χ1n) is 5.41. The number of ether oxygens (including phenoxy) is 1. The van der Waals surface area contributed by atoms with E-state index in [-0.39, 0.29) is 29.2 Å². The molecule has 1 rings (SSSR count). The molecule has 0 aliphatic rings. The maximum absolute atomic E-state index is 12.3. The highest BCUT2D eigenvalue weighted by molar-refractivity contribution is 6.27. The van der Waals surface area contributed by atoms with E-state index in [1.165, 1.54) is 12.1 Å². The second-order valence-corrected chi connectivity index (χ2v) is 4.10. The van der Waals surface area contributed by atoms with Crippen molar-refractivity contribution in [2.24, 2.45) is 0 Å². The van der Waals surface area contributed by atoms with Crippen LogP contribution in [0, 0.1) is 0 Å². The number of rotatable bonds is 7. The minimum atomic E-state index is -3.14. The average molecular weight is 309 g/mol. The van der Waals surface area contributed by atoms with Crippen molar-refractivity contribution in [2.75, 3.05) is 5.88 Å².